The summed E-state index contributed by atoms with van der Waals surface area (Å²) in [6.45, 7) is 0. The molecule has 0 heterocycles. The maximum atomic E-state index is 13.7. The predicted octanol–water partition coefficient (Wildman–Crippen LogP) is 1.02. The van der Waals surface area contributed by atoms with Gasteiger partial charge >= 0.3 is 0 Å². The molecule has 6 nitrogen and oxygen atoms in total. The maximum absolute atomic E-state index is 13.7. The second-order valence-electron chi connectivity index (χ2n) is 7.17. The molecule has 26 heavy (non-hydrogen) atoms. The molecule has 1 aromatic carbocycles. The maximum Gasteiger partial charge on any atom is 0.223 e. The van der Waals surface area contributed by atoms with Gasteiger partial charge < -0.3 is 21.7 Å². The number of halogens is 1. The van der Waals surface area contributed by atoms with E-state index in [2.05, 4.69) is 0 Å². The number of hydrogen-bond donors (Lipinski definition) is 4. The Kier molecular flexibility index (Phi) is 6.72. The van der Waals surface area contributed by atoms with Crippen molar-refractivity contribution in [2.24, 2.45) is 23.3 Å². The molecule has 0 saturated heterocycles. The van der Waals surface area contributed by atoms with E-state index in [1.54, 1.807) is 18.2 Å². The van der Waals surface area contributed by atoms with Crippen LogP contribution in [-0.4, -0.2) is 33.7 Å². The fraction of sp³-hybridized carbons (Fsp3) is 0.579. The van der Waals surface area contributed by atoms with Crippen molar-refractivity contribution in [1.82, 2.24) is 0 Å². The summed E-state index contributed by atoms with van der Waals surface area (Å²) in [6, 6.07) is 6.27. The number of primary amides is 2. The number of benzene rings is 1. The number of aryl methyl sites for hydroxylation is 1. The van der Waals surface area contributed by atoms with E-state index in [0.717, 1.165) is 6.42 Å². The average molecular weight is 366 g/mol. The Morgan fingerprint density at radius 2 is 1.96 bits per heavy atom. The molecule has 0 bridgehead atoms. The highest BCUT2D eigenvalue weighted by Crippen LogP contribution is 2.41. The van der Waals surface area contributed by atoms with E-state index in [4.69, 9.17) is 11.5 Å². The van der Waals surface area contributed by atoms with Gasteiger partial charge in [-0.05, 0) is 43.7 Å². The van der Waals surface area contributed by atoms with Gasteiger partial charge in [0, 0.05) is 0 Å². The molecule has 4 atom stereocenters. The highest BCUT2D eigenvalue weighted by molar-refractivity contribution is 5.82. The summed E-state index contributed by atoms with van der Waals surface area (Å²) >= 11 is 0. The first-order valence-corrected chi connectivity index (χ1v) is 8.98. The molecule has 0 spiro atoms. The number of aliphatic hydroxyl groups is 2. The summed E-state index contributed by atoms with van der Waals surface area (Å²) < 4.78 is 13.7. The molecular weight excluding hydrogens is 339 g/mol. The number of nitrogens with two attached hydrogens (primary N) is 2. The van der Waals surface area contributed by atoms with Gasteiger partial charge in [-0.3, -0.25) is 9.59 Å². The second kappa shape index (κ2) is 8.60. The first-order chi connectivity index (χ1) is 12.3. The van der Waals surface area contributed by atoms with Crippen LogP contribution < -0.4 is 11.5 Å². The van der Waals surface area contributed by atoms with E-state index in [0.29, 0.717) is 18.4 Å². The molecule has 1 aliphatic carbocycles. The van der Waals surface area contributed by atoms with E-state index < -0.39 is 35.4 Å². The van der Waals surface area contributed by atoms with Gasteiger partial charge in [-0.2, -0.15) is 0 Å². The van der Waals surface area contributed by atoms with Gasteiger partial charge in [0.2, 0.25) is 11.8 Å². The van der Waals surface area contributed by atoms with E-state index in [1.165, 1.54) is 6.07 Å². The van der Waals surface area contributed by atoms with Crippen LogP contribution in [0, 0.1) is 17.7 Å². The van der Waals surface area contributed by atoms with Crippen molar-refractivity contribution in [2.45, 2.75) is 56.7 Å². The molecule has 1 fully saturated rings. The van der Waals surface area contributed by atoms with E-state index in [1.807, 2.05) is 0 Å². The fourth-order valence-corrected chi connectivity index (χ4v) is 3.97. The van der Waals surface area contributed by atoms with Gasteiger partial charge in [0.1, 0.15) is 5.82 Å². The first kappa shape index (κ1) is 20.3. The molecule has 1 aliphatic rings. The normalized spacial score (nSPS) is 25.4. The molecule has 2 rings (SSSR count). The minimum absolute atomic E-state index is 0.0932. The van der Waals surface area contributed by atoms with Gasteiger partial charge in [0.15, 0.2) is 0 Å². The predicted molar refractivity (Wildman–Crippen MR) is 94.1 cm³/mol. The zero-order valence-electron chi connectivity index (χ0n) is 14.7. The average Bonchev–Trinajstić information content (AvgIpc) is 2.58. The van der Waals surface area contributed by atoms with Crippen molar-refractivity contribution in [3.05, 3.63) is 35.6 Å². The molecule has 4 unspecified atom stereocenters. The molecular formula is C19H27FN2O4. The molecule has 0 aliphatic heterocycles. The third kappa shape index (κ3) is 4.59. The largest absolute Gasteiger partial charge is 0.393 e. The first-order valence-electron chi connectivity index (χ1n) is 8.98. The lowest BCUT2D eigenvalue weighted by Crippen LogP contribution is -2.56. The van der Waals surface area contributed by atoms with Gasteiger partial charge in [0.05, 0.1) is 23.5 Å². The highest BCUT2D eigenvalue weighted by Gasteiger charge is 2.50. The van der Waals surface area contributed by atoms with Crippen LogP contribution in [0.25, 0.3) is 0 Å². The summed E-state index contributed by atoms with van der Waals surface area (Å²) in [7, 11) is 0. The van der Waals surface area contributed by atoms with Crippen LogP contribution >= 0.6 is 0 Å². The standard InChI is InChI=1S/C19H27FN2O4/c20-16-7-2-1-5-12(16)8-9-13(23)11-15(18(22)25)19(26)10-4-3-6-14(19)17(21)24/h1-2,5,7,13-15,23,26H,3-4,6,8-11H2,(H2,21,24)(H2,22,25). The summed E-state index contributed by atoms with van der Waals surface area (Å²) in [4.78, 5) is 23.7. The summed E-state index contributed by atoms with van der Waals surface area (Å²) in [5.74, 6) is -3.75. The Balaban J connectivity index is 2.08. The summed E-state index contributed by atoms with van der Waals surface area (Å²) in [5.41, 5.74) is 9.70. The monoisotopic (exact) mass is 366 g/mol. The van der Waals surface area contributed by atoms with Crippen molar-refractivity contribution in [1.29, 1.82) is 0 Å². The lowest BCUT2D eigenvalue weighted by atomic mass is 9.66. The lowest BCUT2D eigenvalue weighted by Gasteiger charge is -2.43. The number of amides is 2. The number of rotatable bonds is 8. The van der Waals surface area contributed by atoms with Crippen molar-refractivity contribution >= 4 is 11.8 Å². The Morgan fingerprint density at radius 3 is 2.58 bits per heavy atom. The third-order valence-electron chi connectivity index (χ3n) is 5.43. The van der Waals surface area contributed by atoms with E-state index >= 15 is 0 Å². The van der Waals surface area contributed by atoms with Crippen molar-refractivity contribution in [3.63, 3.8) is 0 Å². The van der Waals surface area contributed by atoms with Crippen LogP contribution in [-0.2, 0) is 16.0 Å². The third-order valence-corrected chi connectivity index (χ3v) is 5.43. The highest BCUT2D eigenvalue weighted by atomic mass is 19.1. The molecule has 6 N–H and O–H groups in total. The molecule has 2 amide bonds. The molecule has 0 radical (unpaired) electrons. The second-order valence-corrected chi connectivity index (χ2v) is 7.17. The van der Waals surface area contributed by atoms with Crippen LogP contribution in [0.2, 0.25) is 0 Å². The van der Waals surface area contributed by atoms with Crippen LogP contribution in [0.1, 0.15) is 44.1 Å². The Bertz CT molecular complexity index is 654. The summed E-state index contributed by atoms with van der Waals surface area (Å²) in [5, 5.41) is 21.4. The van der Waals surface area contributed by atoms with Crippen LogP contribution in [0.5, 0.6) is 0 Å². The minimum atomic E-state index is -1.64. The molecule has 144 valence electrons. The summed E-state index contributed by atoms with van der Waals surface area (Å²) in [6.07, 6.45) is 1.44. The van der Waals surface area contributed by atoms with Crippen molar-refractivity contribution < 1.29 is 24.2 Å². The Labute approximate surface area is 152 Å². The molecule has 0 aromatic heterocycles. The number of carbonyl (C=O) groups excluding carboxylic acids is 2. The molecule has 7 heteroatoms. The molecule has 1 saturated carbocycles. The zero-order valence-corrected chi connectivity index (χ0v) is 14.7. The van der Waals surface area contributed by atoms with Crippen LogP contribution in [0.4, 0.5) is 4.39 Å². The van der Waals surface area contributed by atoms with Crippen molar-refractivity contribution in [2.75, 3.05) is 0 Å². The minimum Gasteiger partial charge on any atom is -0.393 e. The lowest BCUT2D eigenvalue weighted by molar-refractivity contribution is -0.155. The number of carbonyl (C=O) groups is 2. The fourth-order valence-electron chi connectivity index (χ4n) is 3.97. The van der Waals surface area contributed by atoms with Gasteiger partial charge in [-0.1, -0.05) is 31.0 Å². The van der Waals surface area contributed by atoms with Crippen LogP contribution in [0.3, 0.4) is 0 Å². The zero-order chi connectivity index (χ0) is 19.3. The van der Waals surface area contributed by atoms with Gasteiger partial charge in [-0.25, -0.2) is 4.39 Å². The number of hydrogen-bond acceptors (Lipinski definition) is 4. The molecule has 1 aromatic rings. The topological polar surface area (TPSA) is 127 Å². The van der Waals surface area contributed by atoms with Gasteiger partial charge in [0.25, 0.3) is 0 Å². The Hall–Kier alpha value is -1.99. The van der Waals surface area contributed by atoms with E-state index in [9.17, 15) is 24.2 Å². The smallest absolute Gasteiger partial charge is 0.223 e. The van der Waals surface area contributed by atoms with Gasteiger partial charge in [-0.15, -0.1) is 0 Å². The number of aliphatic hydroxyl groups excluding tert-OH is 1. The van der Waals surface area contributed by atoms with E-state index in [-0.39, 0.29) is 31.5 Å². The quantitative estimate of drug-likeness (QED) is 0.548. The Morgan fingerprint density at radius 1 is 1.27 bits per heavy atom. The van der Waals surface area contributed by atoms with Crippen LogP contribution in [0.15, 0.2) is 24.3 Å². The van der Waals surface area contributed by atoms with Crippen molar-refractivity contribution in [3.8, 4) is 0 Å². The SMILES string of the molecule is NC(=O)C1CCCCC1(O)C(CC(O)CCc1ccccc1F)C(N)=O.